The van der Waals surface area contributed by atoms with Gasteiger partial charge in [0.1, 0.15) is 0 Å². The first-order valence-electron chi connectivity index (χ1n) is 8.75. The number of amides is 1. The van der Waals surface area contributed by atoms with Crippen LogP contribution in [0.25, 0.3) is 21.5 Å². The van der Waals surface area contributed by atoms with E-state index in [9.17, 15) is 13.2 Å². The van der Waals surface area contributed by atoms with Gasteiger partial charge < -0.3 is 9.09 Å². The zero-order valence-electron chi connectivity index (χ0n) is 15.6. The second-order valence-corrected chi connectivity index (χ2v) is 8.89. The van der Waals surface area contributed by atoms with Crippen molar-refractivity contribution < 1.29 is 17.7 Å². The molecule has 0 saturated heterocycles. The van der Waals surface area contributed by atoms with Gasteiger partial charge in [0.05, 0.1) is 15.1 Å². The molecular formula is C20H16N4O4S2. The summed E-state index contributed by atoms with van der Waals surface area (Å²) < 4.78 is 30.9. The Labute approximate surface area is 175 Å². The Hall–Kier alpha value is -3.34. The highest BCUT2D eigenvalue weighted by atomic mass is 32.2. The highest BCUT2D eigenvalue weighted by Gasteiger charge is 2.16. The molecule has 2 aromatic carbocycles. The lowest BCUT2D eigenvalue weighted by Crippen LogP contribution is -2.16. The molecule has 0 atom stereocenters. The fourth-order valence-corrected chi connectivity index (χ4v) is 4.57. The number of rotatable bonds is 5. The summed E-state index contributed by atoms with van der Waals surface area (Å²) in [5.74, 6) is -0.112. The second kappa shape index (κ2) is 7.82. The molecule has 0 unspecified atom stereocenters. The van der Waals surface area contributed by atoms with Gasteiger partial charge in [0.2, 0.25) is 10.0 Å². The van der Waals surface area contributed by atoms with Crippen LogP contribution in [0, 0.1) is 0 Å². The molecule has 0 bridgehead atoms. The van der Waals surface area contributed by atoms with Gasteiger partial charge in [-0.05, 0) is 18.2 Å². The van der Waals surface area contributed by atoms with E-state index in [0.717, 1.165) is 5.56 Å². The molecule has 2 aromatic heterocycles. The monoisotopic (exact) mass is 440 g/mol. The summed E-state index contributed by atoms with van der Waals surface area (Å²) in [6, 6.07) is 15.3. The molecule has 0 fully saturated rings. The van der Waals surface area contributed by atoms with Crippen LogP contribution in [0.15, 0.2) is 81.7 Å². The Morgan fingerprint density at radius 2 is 2.00 bits per heavy atom. The Kier molecular flexibility index (Phi) is 5.20. The van der Waals surface area contributed by atoms with Crippen LogP contribution in [0.5, 0.6) is 0 Å². The van der Waals surface area contributed by atoms with Gasteiger partial charge >= 0.3 is 5.91 Å². The number of carbonyl (C=O) groups excluding carboxylic acids is 1. The molecule has 0 saturated carbocycles. The van der Waals surface area contributed by atoms with Crippen molar-refractivity contribution in [1.82, 2.24) is 9.72 Å². The minimum Gasteiger partial charge on any atom is -0.355 e. The predicted molar refractivity (Wildman–Crippen MR) is 113 cm³/mol. The summed E-state index contributed by atoms with van der Waals surface area (Å²) in [7, 11) is -3.84. The van der Waals surface area contributed by atoms with Crippen molar-refractivity contribution in [2.24, 2.45) is 10.1 Å². The number of carbonyl (C=O) groups is 1. The van der Waals surface area contributed by atoms with E-state index in [4.69, 9.17) is 9.66 Å². The van der Waals surface area contributed by atoms with Crippen LogP contribution in [-0.2, 0) is 16.6 Å². The van der Waals surface area contributed by atoms with E-state index in [1.165, 1.54) is 29.5 Å². The molecule has 4 aromatic rings. The lowest BCUT2D eigenvalue weighted by molar-refractivity contribution is 0.0989. The number of fused-ring (bicyclic) bond motifs is 1. The molecule has 8 nitrogen and oxygen atoms in total. The number of hydrogen-bond donors (Lipinski definition) is 1. The molecule has 0 aliphatic carbocycles. The third kappa shape index (κ3) is 3.88. The Morgan fingerprint density at radius 3 is 2.70 bits per heavy atom. The molecule has 2 heterocycles. The lowest BCUT2D eigenvalue weighted by Gasteiger charge is -2.02. The smallest absolute Gasteiger partial charge is 0.301 e. The third-order valence-corrected chi connectivity index (χ3v) is 6.23. The van der Waals surface area contributed by atoms with Crippen molar-refractivity contribution >= 4 is 37.5 Å². The number of nitrogens with zero attached hydrogens (tertiary/aromatic N) is 3. The summed E-state index contributed by atoms with van der Waals surface area (Å²) in [5, 5.41) is 9.04. The van der Waals surface area contributed by atoms with Crippen molar-refractivity contribution in [2.75, 3.05) is 0 Å². The SMILES string of the molecule is C=CCn1c(=NC(=O)c2cc(-c3ccccc3)on2)sc2cc(S(N)(=O)=O)ccc21. The average Bonchev–Trinajstić information content (AvgIpc) is 3.34. The fourth-order valence-electron chi connectivity index (χ4n) is 2.88. The van der Waals surface area contributed by atoms with Gasteiger partial charge in [0.15, 0.2) is 16.3 Å². The minimum atomic E-state index is -3.84. The van der Waals surface area contributed by atoms with Crippen LogP contribution in [0.2, 0.25) is 0 Å². The van der Waals surface area contributed by atoms with E-state index in [-0.39, 0.29) is 10.6 Å². The topological polar surface area (TPSA) is 121 Å². The van der Waals surface area contributed by atoms with Crippen molar-refractivity contribution in [3.8, 4) is 11.3 Å². The van der Waals surface area contributed by atoms with Crippen LogP contribution >= 0.6 is 11.3 Å². The second-order valence-electron chi connectivity index (χ2n) is 6.32. The van der Waals surface area contributed by atoms with E-state index in [1.807, 2.05) is 30.3 Å². The highest BCUT2D eigenvalue weighted by molar-refractivity contribution is 7.89. The molecule has 1 amide bonds. The van der Waals surface area contributed by atoms with Crippen molar-refractivity contribution in [1.29, 1.82) is 0 Å². The maximum atomic E-state index is 12.7. The third-order valence-electron chi connectivity index (χ3n) is 4.28. The quantitative estimate of drug-likeness (QED) is 0.478. The van der Waals surface area contributed by atoms with Gasteiger partial charge in [-0.3, -0.25) is 4.79 Å². The normalized spacial score (nSPS) is 12.4. The van der Waals surface area contributed by atoms with Gasteiger partial charge in [-0.15, -0.1) is 6.58 Å². The molecule has 0 radical (unpaired) electrons. The Bertz CT molecular complexity index is 1430. The summed E-state index contributed by atoms with van der Waals surface area (Å²) in [6.45, 7) is 4.11. The lowest BCUT2D eigenvalue weighted by atomic mass is 10.1. The largest absolute Gasteiger partial charge is 0.355 e. The fraction of sp³-hybridized carbons (Fsp3) is 0.0500. The van der Waals surface area contributed by atoms with Gasteiger partial charge in [0, 0.05) is 18.2 Å². The van der Waals surface area contributed by atoms with Crippen LogP contribution in [0.3, 0.4) is 0 Å². The molecule has 4 rings (SSSR count). The maximum Gasteiger partial charge on any atom is 0.301 e. The number of nitrogens with two attached hydrogens (primary N) is 1. The van der Waals surface area contributed by atoms with Crippen LogP contribution in [-0.4, -0.2) is 24.0 Å². The van der Waals surface area contributed by atoms with Crippen LogP contribution in [0.4, 0.5) is 0 Å². The van der Waals surface area contributed by atoms with Crippen LogP contribution in [0.1, 0.15) is 10.5 Å². The predicted octanol–water partition coefficient (Wildman–Crippen LogP) is 2.93. The molecule has 30 heavy (non-hydrogen) atoms. The molecule has 10 heteroatoms. The average molecular weight is 441 g/mol. The molecule has 0 aliphatic rings. The van der Waals surface area contributed by atoms with Gasteiger partial charge in [0.25, 0.3) is 0 Å². The summed E-state index contributed by atoms with van der Waals surface area (Å²) >= 11 is 1.17. The number of thiazole rings is 1. The standard InChI is InChI=1S/C20H16N4O4S2/c1-2-10-24-16-9-8-14(30(21,26)27)11-18(16)29-20(24)22-19(25)15-12-17(28-23-15)13-6-4-3-5-7-13/h2-9,11-12H,1,10H2,(H2,21,26,27). The number of benzene rings is 2. The highest BCUT2D eigenvalue weighted by Crippen LogP contribution is 2.22. The Balaban J connectivity index is 1.78. The molecular weight excluding hydrogens is 424 g/mol. The summed E-state index contributed by atoms with van der Waals surface area (Å²) in [5.41, 5.74) is 1.58. The van der Waals surface area contributed by atoms with E-state index in [0.29, 0.717) is 27.3 Å². The van der Waals surface area contributed by atoms with Gasteiger partial charge in [-0.2, -0.15) is 4.99 Å². The van der Waals surface area contributed by atoms with E-state index >= 15 is 0 Å². The van der Waals surface area contributed by atoms with Gasteiger partial charge in [-0.1, -0.05) is 52.9 Å². The minimum absolute atomic E-state index is 0.0103. The number of hydrogen-bond acceptors (Lipinski definition) is 6. The van der Waals surface area contributed by atoms with E-state index in [1.54, 1.807) is 16.7 Å². The molecule has 2 N–H and O–H groups in total. The maximum absolute atomic E-state index is 12.7. The zero-order chi connectivity index (χ0) is 21.3. The number of allylic oxidation sites excluding steroid dienone is 1. The van der Waals surface area contributed by atoms with E-state index in [2.05, 4.69) is 16.7 Å². The van der Waals surface area contributed by atoms with Gasteiger partial charge in [-0.25, -0.2) is 13.6 Å². The molecule has 152 valence electrons. The summed E-state index contributed by atoms with van der Waals surface area (Å²) in [4.78, 5) is 17.2. The Morgan fingerprint density at radius 1 is 1.23 bits per heavy atom. The van der Waals surface area contributed by atoms with Crippen molar-refractivity contribution in [2.45, 2.75) is 11.4 Å². The first kappa shape index (κ1) is 20.0. The first-order chi connectivity index (χ1) is 14.4. The first-order valence-corrected chi connectivity index (χ1v) is 11.1. The van der Waals surface area contributed by atoms with Crippen molar-refractivity contribution in [3.05, 3.63) is 77.7 Å². The van der Waals surface area contributed by atoms with Crippen molar-refractivity contribution in [3.63, 3.8) is 0 Å². The van der Waals surface area contributed by atoms with E-state index < -0.39 is 15.9 Å². The molecule has 0 aliphatic heterocycles. The number of aromatic nitrogens is 2. The van der Waals surface area contributed by atoms with Crippen LogP contribution < -0.4 is 9.94 Å². The number of sulfonamides is 1. The number of primary sulfonamides is 1. The molecule has 0 spiro atoms. The summed E-state index contributed by atoms with van der Waals surface area (Å²) in [6.07, 6.45) is 1.66. The zero-order valence-corrected chi connectivity index (χ0v) is 17.2.